The van der Waals surface area contributed by atoms with E-state index in [-0.39, 0.29) is 11.9 Å². The monoisotopic (exact) mass is 316 g/mol. The summed E-state index contributed by atoms with van der Waals surface area (Å²) in [5.41, 5.74) is 2.79. The molecule has 0 bridgehead atoms. The van der Waals surface area contributed by atoms with E-state index in [2.05, 4.69) is 20.9 Å². The summed E-state index contributed by atoms with van der Waals surface area (Å²) in [6.45, 7) is 2.90. The summed E-state index contributed by atoms with van der Waals surface area (Å²) in [5.74, 6) is 0.0518. The molecule has 0 radical (unpaired) electrons. The minimum atomic E-state index is -0.0650. The third-order valence-corrected chi connectivity index (χ3v) is 4.53. The molecule has 1 aliphatic rings. The zero-order valence-electron chi connectivity index (χ0n) is 12.6. The SMILES string of the molecule is Cc1csc(Nc2ccc(NC(=O)C3CCCCN3)cc2)n1. The standard InChI is InChI=1S/C16H20N4OS/c1-11-10-22-16(18-11)20-13-7-5-12(6-8-13)19-15(21)14-4-2-3-9-17-14/h5-8,10,14,17H,2-4,9H2,1H3,(H,18,20)(H,19,21). The first-order chi connectivity index (χ1) is 10.7. The summed E-state index contributed by atoms with van der Waals surface area (Å²) in [7, 11) is 0. The molecule has 22 heavy (non-hydrogen) atoms. The Kier molecular flexibility index (Phi) is 4.70. The van der Waals surface area contributed by atoms with E-state index in [4.69, 9.17) is 0 Å². The highest BCUT2D eigenvalue weighted by atomic mass is 32.1. The molecule has 1 aliphatic heterocycles. The summed E-state index contributed by atoms with van der Waals surface area (Å²) >= 11 is 1.58. The lowest BCUT2D eigenvalue weighted by atomic mass is 10.0. The Morgan fingerprint density at radius 1 is 1.27 bits per heavy atom. The molecule has 3 N–H and O–H groups in total. The van der Waals surface area contributed by atoms with Gasteiger partial charge in [-0.1, -0.05) is 6.42 Å². The van der Waals surface area contributed by atoms with Crippen LogP contribution in [0.1, 0.15) is 25.0 Å². The van der Waals surface area contributed by atoms with Gasteiger partial charge in [-0.05, 0) is 50.6 Å². The van der Waals surface area contributed by atoms with E-state index in [1.165, 1.54) is 0 Å². The number of nitrogens with zero attached hydrogens (tertiary/aromatic N) is 1. The highest BCUT2D eigenvalue weighted by Crippen LogP contribution is 2.22. The number of thiazole rings is 1. The van der Waals surface area contributed by atoms with Crippen LogP contribution in [0.4, 0.5) is 16.5 Å². The van der Waals surface area contributed by atoms with Gasteiger partial charge in [-0.3, -0.25) is 4.79 Å². The molecule has 5 nitrogen and oxygen atoms in total. The molecule has 1 fully saturated rings. The predicted octanol–water partition coefficient (Wildman–Crippen LogP) is 3.28. The van der Waals surface area contributed by atoms with Gasteiger partial charge in [-0.25, -0.2) is 4.98 Å². The van der Waals surface area contributed by atoms with Crippen LogP contribution in [0.2, 0.25) is 0 Å². The molecule has 2 heterocycles. The van der Waals surface area contributed by atoms with Crippen molar-refractivity contribution in [3.05, 3.63) is 35.3 Å². The second-order valence-electron chi connectivity index (χ2n) is 5.49. The number of aromatic nitrogens is 1. The van der Waals surface area contributed by atoms with E-state index in [9.17, 15) is 4.79 Å². The van der Waals surface area contributed by atoms with Gasteiger partial charge < -0.3 is 16.0 Å². The lowest BCUT2D eigenvalue weighted by Gasteiger charge is -2.22. The van der Waals surface area contributed by atoms with Gasteiger partial charge in [0.25, 0.3) is 0 Å². The zero-order chi connectivity index (χ0) is 15.4. The normalized spacial score (nSPS) is 18.0. The third-order valence-electron chi connectivity index (χ3n) is 3.65. The number of aryl methyl sites for hydroxylation is 1. The number of anilines is 3. The van der Waals surface area contributed by atoms with Crippen molar-refractivity contribution in [3.63, 3.8) is 0 Å². The first-order valence-corrected chi connectivity index (χ1v) is 8.42. The maximum Gasteiger partial charge on any atom is 0.241 e. The number of piperidine rings is 1. The number of rotatable bonds is 4. The Bertz CT molecular complexity index is 632. The Morgan fingerprint density at radius 3 is 2.68 bits per heavy atom. The average Bonchev–Trinajstić information content (AvgIpc) is 2.95. The fourth-order valence-corrected chi connectivity index (χ4v) is 3.19. The maximum atomic E-state index is 12.1. The first kappa shape index (κ1) is 15.0. The van der Waals surface area contributed by atoms with Gasteiger partial charge in [0.1, 0.15) is 0 Å². The van der Waals surface area contributed by atoms with Gasteiger partial charge in [0.15, 0.2) is 5.13 Å². The number of hydrogen-bond acceptors (Lipinski definition) is 5. The van der Waals surface area contributed by atoms with E-state index in [1.54, 1.807) is 11.3 Å². The Morgan fingerprint density at radius 2 is 2.05 bits per heavy atom. The van der Waals surface area contributed by atoms with Crippen molar-refractivity contribution < 1.29 is 4.79 Å². The van der Waals surface area contributed by atoms with Crippen LogP contribution >= 0.6 is 11.3 Å². The van der Waals surface area contributed by atoms with Crippen molar-refractivity contribution in [2.75, 3.05) is 17.2 Å². The smallest absolute Gasteiger partial charge is 0.241 e. The zero-order valence-corrected chi connectivity index (χ0v) is 13.4. The summed E-state index contributed by atoms with van der Waals surface area (Å²) in [5, 5.41) is 12.4. The number of amides is 1. The third kappa shape index (κ3) is 3.84. The molecule has 1 saturated heterocycles. The fraction of sp³-hybridized carbons (Fsp3) is 0.375. The molecular formula is C16H20N4OS. The van der Waals surface area contributed by atoms with E-state index in [1.807, 2.05) is 36.6 Å². The lowest BCUT2D eigenvalue weighted by molar-refractivity contribution is -0.118. The number of benzene rings is 1. The molecule has 1 unspecified atom stereocenters. The Labute approximate surface area is 134 Å². The molecule has 116 valence electrons. The molecule has 1 amide bonds. The summed E-state index contributed by atoms with van der Waals surface area (Å²) < 4.78 is 0. The Hall–Kier alpha value is -1.92. The fourth-order valence-electron chi connectivity index (χ4n) is 2.48. The largest absolute Gasteiger partial charge is 0.332 e. The molecule has 0 aliphatic carbocycles. The highest BCUT2D eigenvalue weighted by molar-refractivity contribution is 7.13. The molecule has 0 spiro atoms. The molecule has 6 heteroatoms. The second-order valence-corrected chi connectivity index (χ2v) is 6.35. The highest BCUT2D eigenvalue weighted by Gasteiger charge is 2.20. The van der Waals surface area contributed by atoms with Gasteiger partial charge in [-0.15, -0.1) is 11.3 Å². The molecule has 1 aromatic carbocycles. The van der Waals surface area contributed by atoms with Crippen molar-refractivity contribution in [1.82, 2.24) is 10.3 Å². The van der Waals surface area contributed by atoms with Crippen molar-refractivity contribution in [2.24, 2.45) is 0 Å². The van der Waals surface area contributed by atoms with Crippen molar-refractivity contribution >= 4 is 33.8 Å². The average molecular weight is 316 g/mol. The molecule has 0 saturated carbocycles. The van der Waals surface area contributed by atoms with Gasteiger partial charge in [0.2, 0.25) is 5.91 Å². The van der Waals surface area contributed by atoms with Gasteiger partial charge in [-0.2, -0.15) is 0 Å². The van der Waals surface area contributed by atoms with Crippen molar-refractivity contribution in [3.8, 4) is 0 Å². The topological polar surface area (TPSA) is 66.0 Å². The predicted molar refractivity (Wildman–Crippen MR) is 90.8 cm³/mol. The first-order valence-electron chi connectivity index (χ1n) is 7.54. The van der Waals surface area contributed by atoms with E-state index < -0.39 is 0 Å². The van der Waals surface area contributed by atoms with E-state index >= 15 is 0 Å². The van der Waals surface area contributed by atoms with Crippen LogP contribution in [0.15, 0.2) is 29.6 Å². The molecule has 1 aromatic heterocycles. The minimum Gasteiger partial charge on any atom is -0.332 e. The van der Waals surface area contributed by atoms with Gasteiger partial charge in [0, 0.05) is 16.8 Å². The van der Waals surface area contributed by atoms with Gasteiger partial charge >= 0.3 is 0 Å². The van der Waals surface area contributed by atoms with Crippen molar-refractivity contribution in [2.45, 2.75) is 32.2 Å². The second kappa shape index (κ2) is 6.89. The molecule has 2 aromatic rings. The molecule has 1 atom stereocenters. The van der Waals surface area contributed by atoms with Crippen LogP contribution in [0.25, 0.3) is 0 Å². The van der Waals surface area contributed by atoms with Crippen molar-refractivity contribution in [1.29, 1.82) is 0 Å². The Balaban J connectivity index is 1.57. The van der Waals surface area contributed by atoms with Crippen LogP contribution in [0, 0.1) is 6.92 Å². The number of nitrogens with one attached hydrogen (secondary N) is 3. The van der Waals surface area contributed by atoms with Crippen LogP contribution in [-0.2, 0) is 4.79 Å². The van der Waals surface area contributed by atoms with Crippen LogP contribution in [0.5, 0.6) is 0 Å². The quantitative estimate of drug-likeness (QED) is 0.810. The molecular weight excluding hydrogens is 296 g/mol. The van der Waals surface area contributed by atoms with E-state index in [0.29, 0.717) is 0 Å². The van der Waals surface area contributed by atoms with Crippen LogP contribution in [0.3, 0.4) is 0 Å². The number of carbonyl (C=O) groups excluding carboxylic acids is 1. The minimum absolute atomic E-state index is 0.0518. The van der Waals surface area contributed by atoms with Crippen LogP contribution in [-0.4, -0.2) is 23.5 Å². The van der Waals surface area contributed by atoms with Crippen LogP contribution < -0.4 is 16.0 Å². The lowest BCUT2D eigenvalue weighted by Crippen LogP contribution is -2.43. The maximum absolute atomic E-state index is 12.1. The van der Waals surface area contributed by atoms with Gasteiger partial charge in [0.05, 0.1) is 11.7 Å². The van der Waals surface area contributed by atoms with E-state index in [0.717, 1.165) is 48.0 Å². The number of carbonyl (C=O) groups is 1. The number of hydrogen-bond donors (Lipinski definition) is 3. The summed E-state index contributed by atoms with van der Waals surface area (Å²) in [6.07, 6.45) is 3.18. The molecule has 3 rings (SSSR count). The summed E-state index contributed by atoms with van der Waals surface area (Å²) in [4.78, 5) is 16.5. The summed E-state index contributed by atoms with van der Waals surface area (Å²) in [6, 6.07) is 7.64.